The number of likely N-dealkylation sites (N-methyl/N-ethyl adjacent to an activating group) is 1. The number of unbranched alkanes of at least 4 members (excludes halogenated alkanes) is 40. The zero-order valence-electron chi connectivity index (χ0n) is 52.8. The zero-order valence-corrected chi connectivity index (χ0v) is 52.8. The first-order chi connectivity index (χ1) is 38.6. The van der Waals surface area contributed by atoms with Crippen molar-refractivity contribution in [1.29, 1.82) is 0 Å². The predicted octanol–water partition coefficient (Wildman–Crippen LogP) is 19.2. The topological polar surface area (TPSA) is 111 Å². The number of allylic oxidation sites excluding steroid dienone is 8. The van der Waals surface area contributed by atoms with Gasteiger partial charge < -0.3 is 33.3 Å². The Bertz CT molecular complexity index is 1430. The number of ether oxygens (including phenoxy) is 4. The molecule has 0 fully saturated rings. The van der Waals surface area contributed by atoms with Gasteiger partial charge in [-0.2, -0.15) is 0 Å². The summed E-state index contributed by atoms with van der Waals surface area (Å²) in [5.74, 6) is -2.26. The molecular formula is C70H129NO8. The molecule has 0 aromatic heterocycles. The quantitative estimate of drug-likeness (QED) is 0.0195. The van der Waals surface area contributed by atoms with Crippen LogP contribution in [0.3, 0.4) is 0 Å². The summed E-state index contributed by atoms with van der Waals surface area (Å²) < 4.78 is 22.8. The maximum absolute atomic E-state index is 12.9. The second kappa shape index (κ2) is 61.3. The van der Waals surface area contributed by atoms with Crippen molar-refractivity contribution in [1.82, 2.24) is 0 Å². The maximum atomic E-state index is 12.9. The van der Waals surface area contributed by atoms with Crippen molar-refractivity contribution in [2.75, 3.05) is 47.5 Å². The van der Waals surface area contributed by atoms with E-state index in [-0.39, 0.29) is 32.2 Å². The molecule has 79 heavy (non-hydrogen) atoms. The first kappa shape index (κ1) is 76.2. The lowest BCUT2D eigenvalue weighted by atomic mass is 10.0. The minimum atomic E-state index is -1.62. The summed E-state index contributed by atoms with van der Waals surface area (Å²) in [4.78, 5) is 37.5. The van der Waals surface area contributed by atoms with Crippen LogP contribution in [0.1, 0.15) is 322 Å². The van der Waals surface area contributed by atoms with Crippen LogP contribution >= 0.6 is 0 Å². The van der Waals surface area contributed by atoms with Crippen molar-refractivity contribution in [3.05, 3.63) is 48.6 Å². The van der Waals surface area contributed by atoms with Crippen LogP contribution in [-0.4, -0.2) is 82.3 Å². The van der Waals surface area contributed by atoms with Crippen LogP contribution in [0.15, 0.2) is 48.6 Å². The lowest BCUT2D eigenvalue weighted by Gasteiger charge is -2.26. The van der Waals surface area contributed by atoms with E-state index in [1.54, 1.807) is 0 Å². The van der Waals surface area contributed by atoms with E-state index in [0.717, 1.165) is 57.8 Å². The monoisotopic (exact) mass is 1110 g/mol. The summed E-state index contributed by atoms with van der Waals surface area (Å²) in [6.45, 7) is 4.69. The Morgan fingerprint density at radius 2 is 0.722 bits per heavy atom. The minimum absolute atomic E-state index is 0.149. The highest BCUT2D eigenvalue weighted by molar-refractivity contribution is 5.70. The smallest absolute Gasteiger partial charge is 0.306 e. The molecule has 2 atom stereocenters. The largest absolute Gasteiger partial charge is 0.545 e. The minimum Gasteiger partial charge on any atom is -0.545 e. The molecule has 0 saturated carbocycles. The third-order valence-corrected chi connectivity index (χ3v) is 15.1. The number of quaternary nitrogens is 1. The summed E-state index contributed by atoms with van der Waals surface area (Å²) >= 11 is 0. The molecule has 0 heterocycles. The Balaban J connectivity index is 4.10. The Morgan fingerprint density at radius 3 is 1.08 bits per heavy atom. The Labute approximate surface area is 489 Å². The first-order valence-corrected chi connectivity index (χ1v) is 33.8. The fraction of sp³-hybridized carbons (Fsp3) is 0.843. The molecule has 2 unspecified atom stereocenters. The van der Waals surface area contributed by atoms with Gasteiger partial charge in [-0.3, -0.25) is 9.59 Å². The van der Waals surface area contributed by atoms with Gasteiger partial charge in [0.1, 0.15) is 13.2 Å². The highest BCUT2D eigenvalue weighted by atomic mass is 16.7. The van der Waals surface area contributed by atoms with E-state index in [1.165, 1.54) is 231 Å². The summed E-state index contributed by atoms with van der Waals surface area (Å²) in [6, 6.07) is 0. The molecular weight excluding hydrogens is 983 g/mol. The van der Waals surface area contributed by atoms with Crippen LogP contribution in [0, 0.1) is 0 Å². The van der Waals surface area contributed by atoms with E-state index in [1.807, 2.05) is 21.1 Å². The molecule has 0 bridgehead atoms. The number of rotatable bonds is 63. The lowest BCUT2D eigenvalue weighted by molar-refractivity contribution is -0.870. The zero-order chi connectivity index (χ0) is 57.6. The molecule has 0 aromatic rings. The molecule has 0 aliphatic rings. The van der Waals surface area contributed by atoms with Gasteiger partial charge in [0.15, 0.2) is 12.4 Å². The van der Waals surface area contributed by atoms with Crippen LogP contribution in [0.4, 0.5) is 0 Å². The normalized spacial score (nSPS) is 13.0. The molecule has 0 aliphatic carbocycles. The number of carbonyl (C=O) groups is 3. The summed E-state index contributed by atoms with van der Waals surface area (Å²) in [5.41, 5.74) is 0. The molecule has 0 radical (unpaired) electrons. The van der Waals surface area contributed by atoms with Crippen molar-refractivity contribution in [3.63, 3.8) is 0 Å². The predicted molar refractivity (Wildman–Crippen MR) is 334 cm³/mol. The van der Waals surface area contributed by atoms with E-state index in [2.05, 4.69) is 62.5 Å². The highest BCUT2D eigenvalue weighted by Gasteiger charge is 2.22. The van der Waals surface area contributed by atoms with Crippen LogP contribution in [0.5, 0.6) is 0 Å². The van der Waals surface area contributed by atoms with E-state index in [9.17, 15) is 19.5 Å². The van der Waals surface area contributed by atoms with E-state index in [0.29, 0.717) is 23.9 Å². The molecule has 0 saturated heterocycles. The van der Waals surface area contributed by atoms with Crippen LogP contribution in [0.25, 0.3) is 0 Å². The summed E-state index contributed by atoms with van der Waals surface area (Å²) in [7, 11) is 5.94. The number of esters is 2. The molecule has 0 aliphatic heterocycles. The molecule has 9 nitrogen and oxygen atoms in total. The Kier molecular flexibility index (Phi) is 59.2. The van der Waals surface area contributed by atoms with Gasteiger partial charge in [-0.1, -0.05) is 306 Å². The highest BCUT2D eigenvalue weighted by Crippen LogP contribution is 2.18. The van der Waals surface area contributed by atoms with Crippen LogP contribution in [-0.2, 0) is 33.3 Å². The van der Waals surface area contributed by atoms with Gasteiger partial charge in [-0.25, -0.2) is 0 Å². The van der Waals surface area contributed by atoms with Gasteiger partial charge in [0.05, 0.1) is 40.3 Å². The molecule has 9 heteroatoms. The number of carbonyl (C=O) groups excluding carboxylic acids is 3. The van der Waals surface area contributed by atoms with Crippen molar-refractivity contribution < 1.29 is 42.9 Å². The van der Waals surface area contributed by atoms with Gasteiger partial charge in [0, 0.05) is 12.8 Å². The number of carboxylic acids is 1. The summed E-state index contributed by atoms with van der Waals surface area (Å²) in [6.07, 6.45) is 74.7. The molecule has 462 valence electrons. The van der Waals surface area contributed by atoms with Crippen molar-refractivity contribution >= 4 is 17.9 Å². The van der Waals surface area contributed by atoms with E-state index in [4.69, 9.17) is 18.9 Å². The standard InChI is InChI=1S/C70H129NO8/c1-6-8-10-12-14-16-18-20-22-24-26-28-30-32-34-36-38-40-42-44-46-48-50-52-54-56-58-60-67(72)77-64-66(65-78-70(69(74)75)76-63-62-71(3,4)5)79-68(73)61-59-57-55-53-51-49-47-45-43-41-39-37-35-33-31-29-27-25-23-21-19-17-15-13-11-9-7-2/h9,11,15,17,21,23,27,29,66,70H,6-8,10,12-14,16,18-20,22,24-26,28,30-65H2,1-5H3/b11-9-,17-15-,23-21-,29-27-. The van der Waals surface area contributed by atoms with Gasteiger partial charge in [-0.15, -0.1) is 0 Å². The maximum Gasteiger partial charge on any atom is 0.306 e. The Morgan fingerprint density at radius 1 is 0.392 bits per heavy atom. The third-order valence-electron chi connectivity index (χ3n) is 15.1. The molecule has 0 aromatic carbocycles. The van der Waals surface area contributed by atoms with E-state index < -0.39 is 24.3 Å². The second-order valence-corrected chi connectivity index (χ2v) is 24.1. The number of nitrogens with zero attached hydrogens (tertiary/aromatic N) is 1. The molecule has 0 spiro atoms. The Hall–Kier alpha value is -2.75. The van der Waals surface area contributed by atoms with Crippen LogP contribution < -0.4 is 5.11 Å². The van der Waals surface area contributed by atoms with Crippen molar-refractivity contribution in [2.45, 2.75) is 334 Å². The number of aliphatic carboxylic acids is 1. The van der Waals surface area contributed by atoms with Gasteiger partial charge in [0.25, 0.3) is 0 Å². The van der Waals surface area contributed by atoms with Gasteiger partial charge in [-0.05, 0) is 51.4 Å². The lowest BCUT2D eigenvalue weighted by Crippen LogP contribution is -2.44. The molecule has 0 amide bonds. The SMILES string of the molecule is CC/C=C\C/C=C\C/C=C\C/C=C\CCCCCCCCCCCCCCCCC(=O)OC(COC(=O)CCCCCCCCCCCCCCCCCCCCCCCCCCCCC)COC(OCC[N+](C)(C)C)C(=O)[O-]. The van der Waals surface area contributed by atoms with Gasteiger partial charge in [0.2, 0.25) is 0 Å². The summed E-state index contributed by atoms with van der Waals surface area (Å²) in [5, 5.41) is 11.8. The fourth-order valence-corrected chi connectivity index (χ4v) is 9.94. The fourth-order valence-electron chi connectivity index (χ4n) is 9.94. The number of carboxylic acid groups (broad SMARTS) is 1. The van der Waals surface area contributed by atoms with Crippen molar-refractivity contribution in [3.8, 4) is 0 Å². The van der Waals surface area contributed by atoms with Crippen molar-refractivity contribution in [2.24, 2.45) is 0 Å². The molecule has 0 rings (SSSR count). The molecule has 0 N–H and O–H groups in total. The average Bonchev–Trinajstić information content (AvgIpc) is 3.42. The first-order valence-electron chi connectivity index (χ1n) is 33.8. The number of hydrogen-bond donors (Lipinski definition) is 0. The van der Waals surface area contributed by atoms with Crippen LogP contribution in [0.2, 0.25) is 0 Å². The number of hydrogen-bond acceptors (Lipinski definition) is 8. The average molecular weight is 1110 g/mol. The van der Waals surface area contributed by atoms with Gasteiger partial charge >= 0.3 is 11.9 Å². The van der Waals surface area contributed by atoms with E-state index >= 15 is 0 Å². The second-order valence-electron chi connectivity index (χ2n) is 24.1. The third kappa shape index (κ3) is 62.7.